The molecule has 8 heteroatoms. The van der Waals surface area contributed by atoms with Crippen LogP contribution in [0.3, 0.4) is 0 Å². The van der Waals surface area contributed by atoms with Gasteiger partial charge in [0.25, 0.3) is 0 Å². The molecule has 1 atom stereocenters. The zero-order valence-electron chi connectivity index (χ0n) is 20.5. The summed E-state index contributed by atoms with van der Waals surface area (Å²) >= 11 is 0. The van der Waals surface area contributed by atoms with Crippen molar-refractivity contribution < 1.29 is 4.79 Å². The fourth-order valence-corrected chi connectivity index (χ4v) is 4.44. The molecule has 0 radical (unpaired) electrons. The maximum atomic E-state index is 12.9. The van der Waals surface area contributed by atoms with Crippen LogP contribution in [0.1, 0.15) is 31.4 Å². The van der Waals surface area contributed by atoms with Crippen molar-refractivity contribution in [3.63, 3.8) is 0 Å². The first kappa shape index (κ1) is 23.8. The van der Waals surface area contributed by atoms with Crippen molar-refractivity contribution in [2.24, 2.45) is 0 Å². The van der Waals surface area contributed by atoms with Crippen molar-refractivity contribution in [2.75, 3.05) is 51.7 Å². The molecule has 2 aromatic carbocycles. The van der Waals surface area contributed by atoms with Gasteiger partial charge in [0, 0.05) is 52.5 Å². The Morgan fingerprint density at radius 3 is 2.12 bits per heavy atom. The molecule has 1 aromatic heterocycles. The second-order valence-electron chi connectivity index (χ2n) is 9.32. The summed E-state index contributed by atoms with van der Waals surface area (Å²) < 4.78 is 3.06. The Hall–Kier alpha value is -3.39. The topological polar surface area (TPSA) is 66.6 Å². The summed E-state index contributed by atoms with van der Waals surface area (Å²) in [6, 6.07) is 18.1. The molecule has 1 amide bonds. The lowest BCUT2D eigenvalue weighted by Crippen LogP contribution is -2.48. The van der Waals surface area contributed by atoms with Crippen LogP contribution in [0.5, 0.6) is 0 Å². The van der Waals surface area contributed by atoms with Crippen LogP contribution in [0, 0.1) is 0 Å². The monoisotopic (exact) mass is 462 g/mol. The zero-order valence-corrected chi connectivity index (χ0v) is 20.5. The second kappa shape index (κ2) is 10.3. The first-order chi connectivity index (χ1) is 16.3. The minimum absolute atomic E-state index is 0.0267. The van der Waals surface area contributed by atoms with Crippen molar-refractivity contribution in [3.8, 4) is 5.69 Å². The molecule has 8 nitrogen and oxygen atoms in total. The smallest absolute Gasteiger partial charge is 0.350 e. The summed E-state index contributed by atoms with van der Waals surface area (Å²) in [7, 11) is 3.64. The summed E-state index contributed by atoms with van der Waals surface area (Å²) in [5.74, 6) is -0.0210. The van der Waals surface area contributed by atoms with Crippen LogP contribution >= 0.6 is 0 Å². The van der Waals surface area contributed by atoms with Crippen LogP contribution in [0.15, 0.2) is 65.7 Å². The number of rotatable bonds is 7. The molecule has 3 aromatic rings. The quantitative estimate of drug-likeness (QED) is 0.540. The molecule has 1 fully saturated rings. The highest BCUT2D eigenvalue weighted by Gasteiger charge is 2.27. The molecule has 0 bridgehead atoms. The van der Waals surface area contributed by atoms with Crippen molar-refractivity contribution in [1.29, 1.82) is 0 Å². The number of nitrogens with zero attached hydrogens (tertiary/aromatic N) is 6. The van der Waals surface area contributed by atoms with Crippen LogP contribution in [0.25, 0.3) is 5.69 Å². The number of likely N-dealkylation sites (N-methyl/N-ethyl adjacent to an activating group) is 1. The molecule has 4 rings (SSSR count). The van der Waals surface area contributed by atoms with E-state index in [2.05, 4.69) is 27.0 Å². The summed E-state index contributed by atoms with van der Waals surface area (Å²) in [6.45, 7) is 8.18. The van der Waals surface area contributed by atoms with Gasteiger partial charge in [-0.1, -0.05) is 30.3 Å². The summed E-state index contributed by atoms with van der Waals surface area (Å²) in [4.78, 5) is 31.8. The lowest BCUT2D eigenvalue weighted by Gasteiger charge is -2.37. The Labute approximate surface area is 201 Å². The lowest BCUT2D eigenvalue weighted by atomic mass is 9.96. The minimum Gasteiger partial charge on any atom is -0.369 e. The minimum atomic E-state index is -0.160. The van der Waals surface area contributed by atoms with Crippen molar-refractivity contribution in [2.45, 2.75) is 25.8 Å². The van der Waals surface area contributed by atoms with Crippen LogP contribution in [0.2, 0.25) is 0 Å². The maximum Gasteiger partial charge on any atom is 0.350 e. The Balaban J connectivity index is 1.39. The highest BCUT2D eigenvalue weighted by atomic mass is 16.2. The number of piperazine rings is 1. The van der Waals surface area contributed by atoms with E-state index in [1.165, 1.54) is 4.68 Å². The van der Waals surface area contributed by atoms with Crippen molar-refractivity contribution in [1.82, 2.24) is 24.1 Å². The van der Waals surface area contributed by atoms with Crippen LogP contribution < -0.4 is 10.6 Å². The predicted molar refractivity (Wildman–Crippen MR) is 135 cm³/mol. The Bertz CT molecular complexity index is 1140. The molecule has 0 spiro atoms. The molecule has 0 N–H and O–H groups in total. The molecule has 1 unspecified atom stereocenters. The first-order valence-corrected chi connectivity index (χ1v) is 11.8. The summed E-state index contributed by atoms with van der Waals surface area (Å²) in [5, 5.41) is 4.20. The second-order valence-corrected chi connectivity index (χ2v) is 9.32. The number of carbonyl (C=O) groups is 1. The van der Waals surface area contributed by atoms with E-state index in [1.807, 2.05) is 70.4 Å². The maximum absolute atomic E-state index is 12.9. The van der Waals surface area contributed by atoms with Crippen molar-refractivity contribution in [3.05, 3.63) is 77.0 Å². The van der Waals surface area contributed by atoms with Gasteiger partial charge in [-0.3, -0.25) is 9.69 Å². The molecule has 0 aliphatic carbocycles. The number of benzene rings is 2. The highest BCUT2D eigenvalue weighted by molar-refractivity contribution is 5.83. The third-order valence-electron chi connectivity index (χ3n) is 6.43. The van der Waals surface area contributed by atoms with E-state index in [0.29, 0.717) is 0 Å². The standard InChI is InChI=1S/C26H34N6O2/c1-20(2)32-26(34)31(19-27-32)23-12-10-22(11-13-23)30-16-14-29(15-17-30)18-24(25(33)28(3)4)21-8-6-5-7-9-21/h5-13,19-20,24H,14-18H2,1-4H3. The third-order valence-corrected chi connectivity index (χ3v) is 6.43. The molecule has 1 aliphatic heterocycles. The number of hydrogen-bond acceptors (Lipinski definition) is 5. The Morgan fingerprint density at radius 2 is 1.56 bits per heavy atom. The molecule has 0 saturated carbocycles. The fourth-order valence-electron chi connectivity index (χ4n) is 4.44. The molecule has 1 saturated heterocycles. The van der Waals surface area contributed by atoms with Gasteiger partial charge in [0.1, 0.15) is 6.33 Å². The number of amides is 1. The van der Waals surface area contributed by atoms with Gasteiger partial charge < -0.3 is 9.80 Å². The van der Waals surface area contributed by atoms with E-state index in [0.717, 1.165) is 49.7 Å². The van der Waals surface area contributed by atoms with E-state index in [4.69, 9.17) is 0 Å². The molecular formula is C26H34N6O2. The van der Waals surface area contributed by atoms with Gasteiger partial charge in [-0.05, 0) is 43.7 Å². The number of hydrogen-bond donors (Lipinski definition) is 0. The first-order valence-electron chi connectivity index (χ1n) is 11.8. The molecular weight excluding hydrogens is 428 g/mol. The van der Waals surface area contributed by atoms with Crippen molar-refractivity contribution >= 4 is 11.6 Å². The fraction of sp³-hybridized carbons (Fsp3) is 0.423. The molecule has 34 heavy (non-hydrogen) atoms. The van der Waals surface area contributed by atoms with Gasteiger partial charge in [-0.25, -0.2) is 14.0 Å². The van der Waals surface area contributed by atoms with Gasteiger partial charge in [-0.15, -0.1) is 0 Å². The highest BCUT2D eigenvalue weighted by Crippen LogP contribution is 2.22. The van der Waals surface area contributed by atoms with E-state index in [-0.39, 0.29) is 23.6 Å². The van der Waals surface area contributed by atoms with Gasteiger partial charge in [-0.2, -0.15) is 5.10 Å². The zero-order chi connectivity index (χ0) is 24.2. The lowest BCUT2D eigenvalue weighted by molar-refractivity contribution is -0.130. The van der Waals surface area contributed by atoms with Gasteiger partial charge in [0.15, 0.2) is 0 Å². The van der Waals surface area contributed by atoms with Gasteiger partial charge in [0.2, 0.25) is 5.91 Å². The SMILES string of the molecule is CC(C)n1ncn(-c2ccc(N3CCN(CC(C(=O)N(C)C)c4ccccc4)CC3)cc2)c1=O. The van der Waals surface area contributed by atoms with Gasteiger partial charge >= 0.3 is 5.69 Å². The predicted octanol–water partition coefficient (Wildman–Crippen LogP) is 2.61. The number of aromatic nitrogens is 3. The number of carbonyl (C=O) groups excluding carboxylic acids is 1. The van der Waals surface area contributed by atoms with Crippen LogP contribution in [-0.4, -0.2) is 76.9 Å². The normalized spacial score (nSPS) is 15.5. The van der Waals surface area contributed by atoms with E-state index < -0.39 is 0 Å². The number of anilines is 1. The molecule has 1 aliphatic rings. The average molecular weight is 463 g/mol. The Morgan fingerprint density at radius 1 is 0.941 bits per heavy atom. The largest absolute Gasteiger partial charge is 0.369 e. The van der Waals surface area contributed by atoms with Crippen LogP contribution in [-0.2, 0) is 4.79 Å². The van der Waals surface area contributed by atoms with E-state index >= 15 is 0 Å². The summed E-state index contributed by atoms with van der Waals surface area (Å²) in [6.07, 6.45) is 1.58. The molecule has 2 heterocycles. The molecule has 180 valence electrons. The Kier molecular flexibility index (Phi) is 7.17. The third kappa shape index (κ3) is 5.07. The summed E-state index contributed by atoms with van der Waals surface area (Å²) in [5.41, 5.74) is 2.88. The van der Waals surface area contributed by atoms with Gasteiger partial charge in [0.05, 0.1) is 17.6 Å². The van der Waals surface area contributed by atoms with E-state index in [1.54, 1.807) is 15.8 Å². The average Bonchev–Trinajstić information content (AvgIpc) is 3.24. The van der Waals surface area contributed by atoms with Crippen LogP contribution in [0.4, 0.5) is 5.69 Å². The van der Waals surface area contributed by atoms with E-state index in [9.17, 15) is 9.59 Å².